The van der Waals surface area contributed by atoms with E-state index in [-0.39, 0.29) is 29.7 Å². The maximum absolute atomic E-state index is 12.8. The summed E-state index contributed by atoms with van der Waals surface area (Å²) in [4.78, 5) is 8.72. The summed E-state index contributed by atoms with van der Waals surface area (Å²) >= 11 is 5.25. The maximum atomic E-state index is 12.8. The number of benzene rings is 1. The van der Waals surface area contributed by atoms with E-state index in [9.17, 15) is 26.3 Å². The minimum atomic E-state index is -4.90. The van der Waals surface area contributed by atoms with Crippen LogP contribution in [0.15, 0.2) is 24.4 Å². The monoisotopic (exact) mass is 343 g/mol. The number of halogens is 7. The van der Waals surface area contributed by atoms with Crippen molar-refractivity contribution in [1.29, 1.82) is 0 Å². The van der Waals surface area contributed by atoms with Crippen LogP contribution in [0.4, 0.5) is 26.3 Å². The Morgan fingerprint density at radius 2 is 1.55 bits per heavy atom. The van der Waals surface area contributed by atoms with Crippen LogP contribution in [0.3, 0.4) is 0 Å². The second kappa shape index (κ2) is 5.81. The first kappa shape index (κ1) is 16.6. The van der Waals surface area contributed by atoms with Gasteiger partial charge in [0.25, 0.3) is 0 Å². The molecule has 0 aliphatic rings. The van der Waals surface area contributed by atoms with E-state index in [0.717, 1.165) is 0 Å². The molecule has 120 valence electrons. The number of rotatable bonds is 3. The second-order valence-electron chi connectivity index (χ2n) is 4.34. The number of nitrogens with zero attached hydrogens (tertiary/aromatic N) is 1. The molecule has 0 unspecified atom stereocenters. The van der Waals surface area contributed by atoms with E-state index < -0.39 is 23.5 Å². The van der Waals surface area contributed by atoms with Crippen molar-refractivity contribution in [2.24, 2.45) is 0 Å². The van der Waals surface area contributed by atoms with Crippen LogP contribution in [0.1, 0.15) is 17.0 Å². The van der Waals surface area contributed by atoms with Gasteiger partial charge in [0.05, 0.1) is 23.4 Å². The Kier molecular flexibility index (Phi) is 4.39. The number of aromatic nitrogens is 2. The van der Waals surface area contributed by atoms with Crippen LogP contribution in [0.5, 0.6) is 0 Å². The summed E-state index contributed by atoms with van der Waals surface area (Å²) in [5.41, 5.74) is -3.12. The average Bonchev–Trinajstić information content (AvgIpc) is 2.85. The molecule has 0 fully saturated rings. The lowest BCUT2D eigenvalue weighted by Gasteiger charge is -2.13. The molecule has 0 saturated heterocycles. The molecule has 2 N–H and O–H groups in total. The van der Waals surface area contributed by atoms with E-state index in [1.165, 1.54) is 6.20 Å². The molecule has 1 aromatic carbocycles. The third-order valence-corrected chi connectivity index (χ3v) is 2.88. The number of aromatic amines is 1. The predicted octanol–water partition coefficient (Wildman–Crippen LogP) is 4.36. The zero-order valence-corrected chi connectivity index (χ0v) is 11.4. The van der Waals surface area contributed by atoms with Crippen molar-refractivity contribution in [2.75, 3.05) is 0 Å². The molecule has 10 heteroatoms. The molecule has 0 radical (unpaired) electrons. The first-order chi connectivity index (χ1) is 10.1. The Morgan fingerprint density at radius 3 is 2.00 bits per heavy atom. The van der Waals surface area contributed by atoms with Crippen LogP contribution >= 0.6 is 11.8 Å². The molecule has 2 rings (SSSR count). The van der Waals surface area contributed by atoms with Crippen molar-refractivity contribution in [1.82, 2.24) is 14.8 Å². The Morgan fingerprint density at radius 1 is 1.00 bits per heavy atom. The van der Waals surface area contributed by atoms with Gasteiger partial charge >= 0.3 is 12.4 Å². The third-order valence-electron chi connectivity index (χ3n) is 2.75. The molecule has 22 heavy (non-hydrogen) atoms. The number of H-pyrrole nitrogens is 1. The van der Waals surface area contributed by atoms with Crippen LogP contribution < -0.4 is 4.84 Å². The molecular weight excluding hydrogens is 336 g/mol. The van der Waals surface area contributed by atoms with Crippen molar-refractivity contribution in [3.63, 3.8) is 0 Å². The van der Waals surface area contributed by atoms with Gasteiger partial charge in [-0.15, -0.1) is 0 Å². The van der Waals surface area contributed by atoms with E-state index in [1.807, 2.05) is 0 Å². The summed E-state index contributed by atoms with van der Waals surface area (Å²) in [6.45, 7) is 0.0760. The predicted molar refractivity (Wildman–Crippen MR) is 66.7 cm³/mol. The van der Waals surface area contributed by atoms with Gasteiger partial charge in [-0.3, -0.25) is 0 Å². The highest BCUT2D eigenvalue weighted by atomic mass is 35.5. The van der Waals surface area contributed by atoms with Crippen LogP contribution in [0, 0.1) is 0 Å². The number of alkyl halides is 6. The molecule has 0 saturated carbocycles. The van der Waals surface area contributed by atoms with Crippen molar-refractivity contribution >= 4 is 11.8 Å². The Bertz CT molecular complexity index is 629. The summed E-state index contributed by atoms with van der Waals surface area (Å²) in [5, 5.41) is 0. The summed E-state index contributed by atoms with van der Waals surface area (Å²) in [6, 6.07) is 1.30. The minimum absolute atomic E-state index is 0.0430. The average molecular weight is 344 g/mol. The minimum Gasteiger partial charge on any atom is -0.347 e. The molecule has 1 aromatic heterocycles. The third kappa shape index (κ3) is 3.72. The van der Waals surface area contributed by atoms with Gasteiger partial charge < -0.3 is 4.98 Å². The van der Waals surface area contributed by atoms with E-state index in [2.05, 4.69) is 14.8 Å². The number of hydrogen-bond acceptors (Lipinski definition) is 2. The highest BCUT2D eigenvalue weighted by Crippen LogP contribution is 2.38. The van der Waals surface area contributed by atoms with E-state index in [4.69, 9.17) is 11.8 Å². The molecule has 3 nitrogen and oxygen atoms in total. The second-order valence-corrected chi connectivity index (χ2v) is 4.60. The van der Waals surface area contributed by atoms with Crippen molar-refractivity contribution in [3.05, 3.63) is 41.3 Å². The van der Waals surface area contributed by atoms with Gasteiger partial charge in [-0.1, -0.05) is 0 Å². The molecular formula is C12H8ClF6N3. The largest absolute Gasteiger partial charge is 0.416 e. The summed E-state index contributed by atoms with van der Waals surface area (Å²) in [6.07, 6.45) is -8.58. The Hall–Kier alpha value is -1.74. The molecule has 0 atom stereocenters. The standard InChI is InChI=1S/C12H8ClF6N3/c13-21-5-10-20-4-9(22-10)6-1-7(11(14,15)16)3-8(2-6)12(17,18)19/h1-4,21H,5H2,(H,20,22). The van der Waals surface area contributed by atoms with Gasteiger partial charge in [-0.05, 0) is 30.0 Å². The topological polar surface area (TPSA) is 40.7 Å². The SMILES string of the molecule is FC(F)(F)c1cc(-c2c[nH]c(CNCl)n2)cc(C(F)(F)F)c1. The van der Waals surface area contributed by atoms with Gasteiger partial charge in [-0.2, -0.15) is 26.3 Å². The van der Waals surface area contributed by atoms with Gasteiger partial charge in [0.1, 0.15) is 5.82 Å². The van der Waals surface area contributed by atoms with Crippen molar-refractivity contribution in [3.8, 4) is 11.3 Å². The van der Waals surface area contributed by atoms with E-state index in [1.54, 1.807) is 0 Å². The lowest BCUT2D eigenvalue weighted by Crippen LogP contribution is -2.11. The molecule has 0 aliphatic carbocycles. The number of nitrogens with one attached hydrogen (secondary N) is 2. The molecule has 0 bridgehead atoms. The molecule has 1 heterocycles. The number of imidazole rings is 1. The first-order valence-corrected chi connectivity index (χ1v) is 6.16. The normalized spacial score (nSPS) is 12.7. The van der Waals surface area contributed by atoms with Gasteiger partial charge in [0.2, 0.25) is 0 Å². The van der Waals surface area contributed by atoms with Gasteiger partial charge in [0, 0.05) is 11.8 Å². The van der Waals surface area contributed by atoms with Crippen LogP contribution in [-0.2, 0) is 18.9 Å². The molecule has 0 aliphatic heterocycles. The molecule has 0 spiro atoms. The quantitative estimate of drug-likeness (QED) is 0.642. The summed E-state index contributed by atoms with van der Waals surface area (Å²) in [5.74, 6) is 0.274. The van der Waals surface area contributed by atoms with Crippen LogP contribution in [0.25, 0.3) is 11.3 Å². The maximum Gasteiger partial charge on any atom is 0.416 e. The summed E-state index contributed by atoms with van der Waals surface area (Å²) < 4.78 is 76.5. The Balaban J connectivity index is 2.54. The highest BCUT2D eigenvalue weighted by Gasteiger charge is 2.37. The van der Waals surface area contributed by atoms with Crippen molar-refractivity contribution in [2.45, 2.75) is 18.9 Å². The fourth-order valence-electron chi connectivity index (χ4n) is 1.77. The van der Waals surface area contributed by atoms with E-state index in [0.29, 0.717) is 12.1 Å². The number of hydrogen-bond donors (Lipinski definition) is 2. The van der Waals surface area contributed by atoms with E-state index >= 15 is 0 Å². The first-order valence-electron chi connectivity index (χ1n) is 5.79. The zero-order valence-electron chi connectivity index (χ0n) is 10.6. The smallest absolute Gasteiger partial charge is 0.347 e. The van der Waals surface area contributed by atoms with Gasteiger partial charge in [0.15, 0.2) is 0 Å². The van der Waals surface area contributed by atoms with Crippen molar-refractivity contribution < 1.29 is 26.3 Å². The molecule has 0 amide bonds. The lowest BCUT2D eigenvalue weighted by atomic mass is 10.0. The Labute approximate surface area is 125 Å². The fraction of sp³-hybridized carbons (Fsp3) is 0.250. The summed E-state index contributed by atoms with van der Waals surface area (Å²) in [7, 11) is 0. The lowest BCUT2D eigenvalue weighted by molar-refractivity contribution is -0.143. The van der Waals surface area contributed by atoms with Crippen LogP contribution in [0.2, 0.25) is 0 Å². The fourth-order valence-corrected chi connectivity index (χ4v) is 1.89. The zero-order chi connectivity index (χ0) is 16.5. The highest BCUT2D eigenvalue weighted by molar-refractivity contribution is 6.13. The van der Waals surface area contributed by atoms with Crippen LogP contribution in [-0.4, -0.2) is 9.97 Å². The molecule has 2 aromatic rings. The van der Waals surface area contributed by atoms with Gasteiger partial charge in [-0.25, -0.2) is 9.82 Å².